The van der Waals surface area contributed by atoms with Crippen LogP contribution in [0.15, 0.2) is 12.2 Å². The van der Waals surface area contributed by atoms with Crippen LogP contribution in [0.25, 0.3) is 0 Å². The molecule has 2 nitrogen and oxygen atoms in total. The van der Waals surface area contributed by atoms with Crippen LogP contribution in [0.5, 0.6) is 0 Å². The van der Waals surface area contributed by atoms with Crippen LogP contribution in [0.2, 0.25) is 18.1 Å². The van der Waals surface area contributed by atoms with Gasteiger partial charge in [0.05, 0.1) is 11.7 Å². The lowest BCUT2D eigenvalue weighted by molar-refractivity contribution is -0.113. The van der Waals surface area contributed by atoms with Crippen molar-refractivity contribution < 1.29 is 9.16 Å². The molecule has 0 unspecified atom stereocenters. The summed E-state index contributed by atoms with van der Waals surface area (Å²) in [6, 6.07) is 0. The summed E-state index contributed by atoms with van der Waals surface area (Å²) >= 11 is 0. The Hall–Kier alpha value is -0.123. The van der Waals surface area contributed by atoms with E-state index in [2.05, 4.69) is 52.9 Å². The summed E-state index contributed by atoms with van der Waals surface area (Å²) in [5, 5.41) is 0.265. The van der Waals surface area contributed by atoms with Gasteiger partial charge in [0, 0.05) is 0 Å². The van der Waals surface area contributed by atoms with E-state index >= 15 is 0 Å². The predicted molar refractivity (Wildman–Crippen MR) is 85.4 cm³/mol. The second-order valence-corrected chi connectivity index (χ2v) is 13.6. The minimum absolute atomic E-state index is 0.0238. The molecule has 3 rings (SSSR count). The van der Waals surface area contributed by atoms with E-state index in [9.17, 15) is 0 Å². The largest absolute Gasteiger partial charge is 0.411 e. The minimum Gasteiger partial charge on any atom is -0.411 e. The molecule has 2 aliphatic heterocycles. The van der Waals surface area contributed by atoms with Crippen LogP contribution in [0, 0.1) is 5.92 Å². The second kappa shape index (κ2) is 4.20. The summed E-state index contributed by atoms with van der Waals surface area (Å²) in [6.45, 7) is 13.9. The normalized spacial score (nSPS) is 43.9. The minimum atomic E-state index is -1.74. The van der Waals surface area contributed by atoms with E-state index in [0.29, 0.717) is 5.92 Å². The van der Waals surface area contributed by atoms with Gasteiger partial charge in [-0.3, -0.25) is 0 Å². The summed E-state index contributed by atoms with van der Waals surface area (Å²) in [4.78, 5) is 0. The Morgan fingerprint density at radius 3 is 2.50 bits per heavy atom. The molecular formula is C17H30O2Si. The topological polar surface area (TPSA) is 18.5 Å². The fourth-order valence-electron chi connectivity index (χ4n) is 3.98. The maximum absolute atomic E-state index is 6.79. The molecule has 1 saturated heterocycles. The predicted octanol–water partition coefficient (Wildman–Crippen LogP) is 4.66. The Bertz CT molecular complexity index is 437. The second-order valence-electron chi connectivity index (χ2n) is 8.80. The molecule has 2 fully saturated rings. The smallest absolute Gasteiger partial charge is 0.192 e. The highest BCUT2D eigenvalue weighted by molar-refractivity contribution is 6.74. The molecule has 0 amide bonds. The number of fused-ring (bicyclic) bond motifs is 1. The van der Waals surface area contributed by atoms with E-state index in [1.165, 1.54) is 19.3 Å². The Labute approximate surface area is 125 Å². The van der Waals surface area contributed by atoms with Crippen molar-refractivity contribution in [1.29, 1.82) is 0 Å². The summed E-state index contributed by atoms with van der Waals surface area (Å²) in [5.41, 5.74) is -0.132. The molecule has 2 bridgehead atoms. The summed E-state index contributed by atoms with van der Waals surface area (Å²) in [6.07, 6.45) is 9.83. The zero-order chi connectivity index (χ0) is 14.8. The fraction of sp³-hybridized carbons (Fsp3) is 0.882. The molecule has 0 aromatic rings. The Balaban J connectivity index is 1.86. The average Bonchev–Trinajstić information content (AvgIpc) is 2.77. The first-order valence-electron chi connectivity index (χ1n) is 8.16. The number of rotatable bonds is 2. The highest BCUT2D eigenvalue weighted by Crippen LogP contribution is 2.57. The van der Waals surface area contributed by atoms with E-state index in [4.69, 9.17) is 9.16 Å². The first kappa shape index (κ1) is 14.8. The molecule has 2 heterocycles. The Morgan fingerprint density at radius 2 is 1.90 bits per heavy atom. The maximum Gasteiger partial charge on any atom is 0.192 e. The van der Waals surface area contributed by atoms with Gasteiger partial charge in [-0.25, -0.2) is 0 Å². The lowest BCUT2D eigenvalue weighted by Gasteiger charge is -2.47. The monoisotopic (exact) mass is 294 g/mol. The third-order valence-electron chi connectivity index (χ3n) is 6.16. The van der Waals surface area contributed by atoms with Crippen molar-refractivity contribution in [3.63, 3.8) is 0 Å². The van der Waals surface area contributed by atoms with Crippen LogP contribution in [0.4, 0.5) is 0 Å². The van der Waals surface area contributed by atoms with Gasteiger partial charge < -0.3 is 9.16 Å². The van der Waals surface area contributed by atoms with Gasteiger partial charge in [-0.1, -0.05) is 39.3 Å². The van der Waals surface area contributed by atoms with Crippen molar-refractivity contribution in [3.8, 4) is 0 Å². The Morgan fingerprint density at radius 1 is 1.20 bits per heavy atom. The van der Waals surface area contributed by atoms with Crippen molar-refractivity contribution in [1.82, 2.24) is 0 Å². The maximum atomic E-state index is 6.79. The highest BCUT2D eigenvalue weighted by Gasteiger charge is 2.61. The lowest BCUT2D eigenvalue weighted by Crippen LogP contribution is -2.55. The Kier molecular flexibility index (Phi) is 3.11. The van der Waals surface area contributed by atoms with Crippen LogP contribution in [0.3, 0.4) is 0 Å². The molecule has 3 aliphatic rings. The summed E-state index contributed by atoms with van der Waals surface area (Å²) in [7, 11) is -1.74. The van der Waals surface area contributed by atoms with Crippen molar-refractivity contribution in [2.75, 3.05) is 0 Å². The molecule has 0 radical (unpaired) electrons. The van der Waals surface area contributed by atoms with E-state index in [0.717, 1.165) is 6.42 Å². The van der Waals surface area contributed by atoms with Crippen LogP contribution in [-0.4, -0.2) is 25.6 Å². The molecule has 1 aliphatic carbocycles. The highest BCUT2D eigenvalue weighted by atomic mass is 28.4. The van der Waals surface area contributed by atoms with Crippen LogP contribution < -0.4 is 0 Å². The van der Waals surface area contributed by atoms with E-state index in [1.807, 2.05) is 0 Å². The van der Waals surface area contributed by atoms with Gasteiger partial charge in [0.15, 0.2) is 8.32 Å². The van der Waals surface area contributed by atoms with Gasteiger partial charge in [0.25, 0.3) is 0 Å². The van der Waals surface area contributed by atoms with Gasteiger partial charge in [-0.05, 0) is 50.2 Å². The summed E-state index contributed by atoms with van der Waals surface area (Å²) < 4.78 is 13.3. The molecule has 0 aromatic heterocycles. The van der Waals surface area contributed by atoms with Gasteiger partial charge in [-0.2, -0.15) is 0 Å². The average molecular weight is 295 g/mol. The van der Waals surface area contributed by atoms with Crippen molar-refractivity contribution in [2.45, 2.75) is 88.8 Å². The lowest BCUT2D eigenvalue weighted by atomic mass is 9.69. The van der Waals surface area contributed by atoms with E-state index in [1.54, 1.807) is 0 Å². The molecule has 0 aromatic carbocycles. The van der Waals surface area contributed by atoms with Crippen LogP contribution in [0.1, 0.15) is 53.4 Å². The zero-order valence-electron chi connectivity index (χ0n) is 14.0. The molecule has 3 heteroatoms. The van der Waals surface area contributed by atoms with Crippen molar-refractivity contribution >= 4 is 8.32 Å². The van der Waals surface area contributed by atoms with Crippen LogP contribution >= 0.6 is 0 Å². The molecule has 4 atom stereocenters. The van der Waals surface area contributed by atoms with Crippen molar-refractivity contribution in [3.05, 3.63) is 12.2 Å². The molecule has 20 heavy (non-hydrogen) atoms. The van der Waals surface area contributed by atoms with Gasteiger partial charge >= 0.3 is 0 Å². The third-order valence-corrected chi connectivity index (χ3v) is 10.6. The van der Waals surface area contributed by atoms with Gasteiger partial charge in [0.1, 0.15) is 5.60 Å². The standard InChI is InChI=1S/C17H30O2Si/c1-15(2,3)20(5,6)18-14-9-7-8-13-12-16(4)10-11-17(13,14)19-16/h10-11,13-14H,7-9,12H2,1-6H3/t13-,14+,16-,17+/m1/s1. The van der Waals surface area contributed by atoms with Crippen molar-refractivity contribution in [2.24, 2.45) is 5.92 Å². The van der Waals surface area contributed by atoms with E-state index < -0.39 is 8.32 Å². The summed E-state index contributed by atoms with van der Waals surface area (Å²) in [5.74, 6) is 0.668. The quantitative estimate of drug-likeness (QED) is 0.544. The van der Waals surface area contributed by atoms with E-state index in [-0.39, 0.29) is 22.3 Å². The molecule has 1 spiro atoms. The van der Waals surface area contributed by atoms with Gasteiger partial charge in [0.2, 0.25) is 0 Å². The molecular weight excluding hydrogens is 264 g/mol. The number of hydrogen-bond acceptors (Lipinski definition) is 2. The number of ether oxygens (including phenoxy) is 1. The first-order valence-corrected chi connectivity index (χ1v) is 11.1. The zero-order valence-corrected chi connectivity index (χ0v) is 15.0. The molecule has 0 N–H and O–H groups in total. The molecule has 1 saturated carbocycles. The number of hydrogen-bond donors (Lipinski definition) is 0. The molecule has 114 valence electrons. The SMILES string of the molecule is CC(C)(C)[Si](C)(C)O[C@H]1CCC[C@@H]2C[C@@]3(C)C=C[C@]21O3. The van der Waals surface area contributed by atoms with Gasteiger partial charge in [-0.15, -0.1) is 0 Å². The first-order chi connectivity index (χ1) is 9.08. The van der Waals surface area contributed by atoms with Crippen LogP contribution in [-0.2, 0) is 9.16 Å². The third kappa shape index (κ3) is 2.05. The fourth-order valence-corrected chi connectivity index (χ4v) is 5.35.